The molecule has 0 fully saturated rings. The van der Waals surface area contributed by atoms with Crippen LogP contribution in [0.4, 0.5) is 0 Å². The van der Waals surface area contributed by atoms with E-state index in [1.807, 2.05) is 0 Å². The van der Waals surface area contributed by atoms with Gasteiger partial charge in [-0.15, -0.1) is 0 Å². The zero-order chi connectivity index (χ0) is 39.0. The van der Waals surface area contributed by atoms with Gasteiger partial charge in [-0.05, 0) is 155 Å². The van der Waals surface area contributed by atoms with E-state index in [9.17, 15) is 0 Å². The Hall–Kier alpha value is -7.28. The maximum atomic E-state index is 2.47. The maximum Gasteiger partial charge on any atom is 0.00905 e. The van der Waals surface area contributed by atoms with Crippen molar-refractivity contribution in [3.05, 3.63) is 204 Å². The highest BCUT2D eigenvalue weighted by Crippen LogP contribution is 2.45. The molecule has 0 saturated carbocycles. The van der Waals surface area contributed by atoms with Crippen LogP contribution in [0.1, 0.15) is 13.8 Å². The molecule has 0 unspecified atom stereocenters. The van der Waals surface area contributed by atoms with Crippen molar-refractivity contribution in [3.63, 3.8) is 0 Å². The summed E-state index contributed by atoms with van der Waals surface area (Å²) in [5, 5.41) is 21.0. The van der Waals surface area contributed by atoms with Gasteiger partial charge in [-0.2, -0.15) is 0 Å². The van der Waals surface area contributed by atoms with Crippen LogP contribution in [0.2, 0.25) is 0 Å². The normalized spacial score (nSPS) is 14.5. The van der Waals surface area contributed by atoms with Gasteiger partial charge in [0.2, 0.25) is 0 Å². The molecule has 0 saturated heterocycles. The van der Waals surface area contributed by atoms with Gasteiger partial charge in [-0.1, -0.05) is 184 Å². The molecule has 274 valence electrons. The lowest BCUT2D eigenvalue weighted by Gasteiger charge is -2.26. The summed E-state index contributed by atoms with van der Waals surface area (Å²) in [6.07, 6.45) is 9.20. The Kier molecular flexibility index (Phi) is 6.60. The first-order valence-electron chi connectivity index (χ1n) is 20.8. The molecule has 0 heterocycles. The molecule has 59 heavy (non-hydrogen) atoms. The molecule has 0 spiro atoms. The minimum Gasteiger partial charge on any atom is -0.0744 e. The van der Waals surface area contributed by atoms with E-state index in [-0.39, 0.29) is 5.41 Å². The fraction of sp³-hybridized carbons (Fsp3) is 0.0508. The van der Waals surface area contributed by atoms with E-state index in [0.29, 0.717) is 0 Å². The number of hydrogen-bond donors (Lipinski definition) is 0. The predicted molar refractivity (Wildman–Crippen MR) is 255 cm³/mol. The van der Waals surface area contributed by atoms with Gasteiger partial charge in [0.1, 0.15) is 0 Å². The summed E-state index contributed by atoms with van der Waals surface area (Å²) < 4.78 is 0. The quantitative estimate of drug-likeness (QED) is 0.158. The first-order valence-corrected chi connectivity index (χ1v) is 20.8. The van der Waals surface area contributed by atoms with Crippen LogP contribution in [0, 0.1) is 5.41 Å². The SMILES string of the molecule is CC1(C)C=CC=C2C=c3cc4c5ccccc5c5cc(-c6ccc(-c7ccc8ccc9c(-c%10cccc%11ccccc%10%11)ccc%10ccc7c8c%109)cc6)ccc5c4cc3=C21. The molecule has 0 bridgehead atoms. The van der Waals surface area contributed by atoms with E-state index in [1.54, 1.807) is 0 Å². The smallest absolute Gasteiger partial charge is 0.00905 e. The predicted octanol–water partition coefficient (Wildman–Crippen LogP) is 14.7. The number of benzene rings is 11. The molecular formula is C59H38. The average molecular weight is 747 g/mol. The second-order valence-corrected chi connectivity index (χ2v) is 17.3. The number of allylic oxidation sites excluding steroid dienone is 4. The molecule has 0 amide bonds. The zero-order valence-corrected chi connectivity index (χ0v) is 33.0. The van der Waals surface area contributed by atoms with Crippen molar-refractivity contribution in [1.29, 1.82) is 0 Å². The summed E-state index contributed by atoms with van der Waals surface area (Å²) in [5.41, 5.74) is 10.3. The van der Waals surface area contributed by atoms with Gasteiger partial charge < -0.3 is 0 Å². The van der Waals surface area contributed by atoms with Crippen LogP contribution in [0.25, 0.3) is 120 Å². The van der Waals surface area contributed by atoms with Crippen molar-refractivity contribution in [1.82, 2.24) is 0 Å². The van der Waals surface area contributed by atoms with Gasteiger partial charge in [0.05, 0.1) is 0 Å². The minimum atomic E-state index is -0.00921. The standard InChI is InChI=1S/C59H38/c1-59(2)30-8-11-41-31-42-33-54-47-14-6-5-13-46(47)53-32-40(24-27-49(53)55(54)34-52(42)58(41)59)35-16-18-37(19-17-35)44-25-20-38-23-29-51-48(26-21-39-22-28-50(44)56(38)57(39)51)45-15-7-10-36-9-3-4-12-43(36)45/h3-34H,1-2H3. The largest absolute Gasteiger partial charge is 0.0744 e. The van der Waals surface area contributed by atoms with Gasteiger partial charge in [0.15, 0.2) is 0 Å². The molecule has 0 nitrogen and oxygen atoms in total. The third-order valence-electron chi connectivity index (χ3n) is 13.6. The van der Waals surface area contributed by atoms with Crippen LogP contribution in [0.5, 0.6) is 0 Å². The molecule has 11 aromatic carbocycles. The Morgan fingerprint density at radius 2 is 0.932 bits per heavy atom. The molecular weight excluding hydrogens is 709 g/mol. The van der Waals surface area contributed by atoms with Gasteiger partial charge in [-0.3, -0.25) is 0 Å². The van der Waals surface area contributed by atoms with Crippen LogP contribution in [0.3, 0.4) is 0 Å². The average Bonchev–Trinajstić information content (AvgIpc) is 3.66. The number of rotatable bonds is 3. The van der Waals surface area contributed by atoms with E-state index >= 15 is 0 Å². The van der Waals surface area contributed by atoms with Crippen LogP contribution < -0.4 is 10.4 Å². The van der Waals surface area contributed by atoms with E-state index < -0.39 is 0 Å². The Labute approximate surface area is 342 Å². The zero-order valence-electron chi connectivity index (χ0n) is 33.0. The molecule has 0 aliphatic heterocycles. The highest BCUT2D eigenvalue weighted by atomic mass is 14.3. The summed E-state index contributed by atoms with van der Waals surface area (Å²) in [4.78, 5) is 0. The highest BCUT2D eigenvalue weighted by molar-refractivity contribution is 6.29. The Balaban J connectivity index is 0.945. The summed E-state index contributed by atoms with van der Waals surface area (Å²) in [5.74, 6) is 0. The fourth-order valence-electron chi connectivity index (χ4n) is 10.8. The van der Waals surface area contributed by atoms with E-state index in [2.05, 4.69) is 208 Å². The first kappa shape index (κ1) is 32.8. The van der Waals surface area contributed by atoms with E-state index in [1.165, 1.54) is 130 Å². The van der Waals surface area contributed by atoms with Crippen molar-refractivity contribution in [2.24, 2.45) is 5.41 Å². The molecule has 0 radical (unpaired) electrons. The van der Waals surface area contributed by atoms with Gasteiger partial charge in [0.25, 0.3) is 0 Å². The molecule has 13 rings (SSSR count). The fourth-order valence-corrected chi connectivity index (χ4v) is 10.8. The molecule has 0 atom stereocenters. The number of hydrogen-bond acceptors (Lipinski definition) is 0. The van der Waals surface area contributed by atoms with Crippen molar-refractivity contribution in [2.45, 2.75) is 13.8 Å². The van der Waals surface area contributed by atoms with Gasteiger partial charge in [-0.25, -0.2) is 0 Å². The molecule has 11 aromatic rings. The molecule has 0 aromatic heterocycles. The third kappa shape index (κ3) is 4.66. The molecule has 0 N–H and O–H groups in total. The highest BCUT2D eigenvalue weighted by Gasteiger charge is 2.28. The Morgan fingerprint density at radius 1 is 0.373 bits per heavy atom. The van der Waals surface area contributed by atoms with Gasteiger partial charge >= 0.3 is 0 Å². The lowest BCUT2D eigenvalue weighted by atomic mass is 9.77. The Morgan fingerprint density at radius 3 is 1.71 bits per heavy atom. The molecule has 2 aliphatic rings. The second-order valence-electron chi connectivity index (χ2n) is 17.3. The maximum absolute atomic E-state index is 2.47. The van der Waals surface area contributed by atoms with E-state index in [0.717, 1.165) is 0 Å². The molecule has 2 aliphatic carbocycles. The Bertz CT molecular complexity index is 3830. The lowest BCUT2D eigenvalue weighted by molar-refractivity contribution is 0.644. The van der Waals surface area contributed by atoms with Crippen LogP contribution in [-0.2, 0) is 0 Å². The summed E-state index contributed by atoms with van der Waals surface area (Å²) in [6, 6.07) is 64.1. The van der Waals surface area contributed by atoms with Gasteiger partial charge in [0, 0.05) is 5.41 Å². The summed E-state index contributed by atoms with van der Waals surface area (Å²) in [7, 11) is 0. The van der Waals surface area contributed by atoms with Crippen LogP contribution >= 0.6 is 0 Å². The first-order chi connectivity index (χ1) is 29.0. The third-order valence-corrected chi connectivity index (χ3v) is 13.6. The second kappa shape index (κ2) is 11.9. The summed E-state index contributed by atoms with van der Waals surface area (Å²) >= 11 is 0. The molecule has 0 heteroatoms. The summed E-state index contributed by atoms with van der Waals surface area (Å²) in [6.45, 7) is 4.67. The number of fused-ring (bicyclic) bond motifs is 9. The topological polar surface area (TPSA) is 0 Å². The van der Waals surface area contributed by atoms with Crippen molar-refractivity contribution < 1.29 is 0 Å². The van der Waals surface area contributed by atoms with Crippen molar-refractivity contribution in [2.75, 3.05) is 0 Å². The minimum absolute atomic E-state index is 0.00921. The van der Waals surface area contributed by atoms with Crippen LogP contribution in [-0.4, -0.2) is 0 Å². The van der Waals surface area contributed by atoms with E-state index in [4.69, 9.17) is 0 Å². The van der Waals surface area contributed by atoms with Crippen molar-refractivity contribution >= 4 is 87.1 Å². The lowest BCUT2D eigenvalue weighted by Crippen LogP contribution is -2.27. The monoisotopic (exact) mass is 746 g/mol. The van der Waals surface area contributed by atoms with Crippen molar-refractivity contribution in [3.8, 4) is 33.4 Å². The van der Waals surface area contributed by atoms with Crippen LogP contribution in [0.15, 0.2) is 194 Å².